The molecule has 3 heteroatoms. The summed E-state index contributed by atoms with van der Waals surface area (Å²) in [6.45, 7) is 2.21. The van der Waals surface area contributed by atoms with E-state index in [9.17, 15) is 4.39 Å². The Hall–Kier alpha value is -0.600. The van der Waals surface area contributed by atoms with E-state index in [4.69, 9.17) is 11.6 Å². The molecule has 0 amide bonds. The Morgan fingerprint density at radius 2 is 2.06 bits per heavy atom. The molecule has 1 aromatic rings. The number of halogens is 2. The molecule has 1 unspecified atom stereocenters. The molecule has 1 rings (SSSR count). The zero-order valence-corrected chi connectivity index (χ0v) is 12.1. The summed E-state index contributed by atoms with van der Waals surface area (Å²) >= 11 is 5.79. The average molecular weight is 272 g/mol. The summed E-state index contributed by atoms with van der Waals surface area (Å²) in [5.74, 6) is -0.270. The molecule has 0 aliphatic rings. The summed E-state index contributed by atoms with van der Waals surface area (Å²) in [5, 5.41) is 3.48. The monoisotopic (exact) mass is 271 g/mol. The number of likely N-dealkylation sites (N-methyl/N-ethyl adjacent to an activating group) is 1. The summed E-state index contributed by atoms with van der Waals surface area (Å²) in [7, 11) is 1.94. The maximum absolute atomic E-state index is 13.8. The molecule has 0 aliphatic carbocycles. The first kappa shape index (κ1) is 15.5. The normalized spacial score (nSPS) is 12.7. The van der Waals surface area contributed by atoms with Crippen LogP contribution >= 0.6 is 11.6 Å². The Morgan fingerprint density at radius 1 is 1.28 bits per heavy atom. The van der Waals surface area contributed by atoms with Crippen LogP contribution in [0.25, 0.3) is 0 Å². The number of hydrogen-bond donors (Lipinski definition) is 1. The van der Waals surface area contributed by atoms with Crippen molar-refractivity contribution in [3.63, 3.8) is 0 Å². The van der Waals surface area contributed by atoms with Crippen molar-refractivity contribution in [2.75, 3.05) is 7.05 Å². The predicted molar refractivity (Wildman–Crippen MR) is 76.7 cm³/mol. The molecule has 0 aromatic heterocycles. The van der Waals surface area contributed by atoms with Crippen LogP contribution in [0.3, 0.4) is 0 Å². The molecule has 0 heterocycles. The van der Waals surface area contributed by atoms with Crippen LogP contribution in [-0.4, -0.2) is 13.1 Å². The zero-order chi connectivity index (χ0) is 13.4. The van der Waals surface area contributed by atoms with E-state index in [2.05, 4.69) is 12.2 Å². The Balaban J connectivity index is 2.49. The minimum atomic E-state index is -0.270. The van der Waals surface area contributed by atoms with Gasteiger partial charge in [-0.15, -0.1) is 0 Å². The van der Waals surface area contributed by atoms with Gasteiger partial charge in [0, 0.05) is 6.04 Å². The van der Waals surface area contributed by atoms with Crippen LogP contribution in [-0.2, 0) is 6.42 Å². The Bertz CT molecular complexity index is 354. The van der Waals surface area contributed by atoms with Gasteiger partial charge in [-0.25, -0.2) is 4.39 Å². The highest BCUT2D eigenvalue weighted by molar-refractivity contribution is 6.30. The van der Waals surface area contributed by atoms with Gasteiger partial charge in [0.1, 0.15) is 5.82 Å². The quantitative estimate of drug-likeness (QED) is 0.683. The molecule has 0 saturated heterocycles. The lowest BCUT2D eigenvalue weighted by molar-refractivity contribution is 0.475. The molecule has 0 spiro atoms. The molecular formula is C15H23ClFN. The largest absolute Gasteiger partial charge is 0.317 e. The molecule has 0 saturated carbocycles. The highest BCUT2D eigenvalue weighted by Crippen LogP contribution is 2.20. The second kappa shape index (κ2) is 8.49. The third-order valence-corrected chi connectivity index (χ3v) is 3.60. The lowest BCUT2D eigenvalue weighted by Crippen LogP contribution is -2.27. The van der Waals surface area contributed by atoms with Crippen molar-refractivity contribution in [1.82, 2.24) is 5.32 Å². The van der Waals surface area contributed by atoms with Crippen molar-refractivity contribution in [3.8, 4) is 0 Å². The SMILES string of the molecule is CCCCCCC(Cc1cccc(Cl)c1F)NC. The number of hydrogen-bond acceptors (Lipinski definition) is 1. The molecular weight excluding hydrogens is 249 g/mol. The van der Waals surface area contributed by atoms with Gasteiger partial charge in [0.2, 0.25) is 0 Å². The van der Waals surface area contributed by atoms with Gasteiger partial charge < -0.3 is 5.32 Å². The molecule has 1 N–H and O–H groups in total. The number of nitrogens with one attached hydrogen (secondary N) is 1. The van der Waals surface area contributed by atoms with Crippen LogP contribution in [0.5, 0.6) is 0 Å². The summed E-state index contributed by atoms with van der Waals surface area (Å²) in [5.41, 5.74) is 0.706. The van der Waals surface area contributed by atoms with Gasteiger partial charge in [0.15, 0.2) is 0 Å². The fourth-order valence-corrected chi connectivity index (χ4v) is 2.33. The van der Waals surface area contributed by atoms with E-state index in [1.165, 1.54) is 25.7 Å². The maximum atomic E-state index is 13.8. The van der Waals surface area contributed by atoms with E-state index >= 15 is 0 Å². The summed E-state index contributed by atoms with van der Waals surface area (Å²) in [4.78, 5) is 0. The van der Waals surface area contributed by atoms with Crippen molar-refractivity contribution in [2.24, 2.45) is 0 Å². The number of benzene rings is 1. The topological polar surface area (TPSA) is 12.0 Å². The second-order valence-corrected chi connectivity index (χ2v) is 5.16. The van der Waals surface area contributed by atoms with E-state index in [0.29, 0.717) is 18.0 Å². The highest BCUT2D eigenvalue weighted by atomic mass is 35.5. The standard InChI is InChI=1S/C15H23ClFN/c1-3-4-5-6-9-13(18-2)11-12-8-7-10-14(16)15(12)17/h7-8,10,13,18H,3-6,9,11H2,1-2H3. The van der Waals surface area contributed by atoms with E-state index in [0.717, 1.165) is 6.42 Å². The van der Waals surface area contributed by atoms with Crippen molar-refractivity contribution in [3.05, 3.63) is 34.6 Å². The van der Waals surface area contributed by atoms with Crippen molar-refractivity contribution < 1.29 is 4.39 Å². The maximum Gasteiger partial charge on any atom is 0.145 e. The minimum Gasteiger partial charge on any atom is -0.317 e. The van der Waals surface area contributed by atoms with Crippen molar-refractivity contribution >= 4 is 11.6 Å². The molecule has 18 heavy (non-hydrogen) atoms. The van der Waals surface area contributed by atoms with Gasteiger partial charge >= 0.3 is 0 Å². The molecule has 1 aromatic carbocycles. The lowest BCUT2D eigenvalue weighted by Gasteiger charge is -2.16. The van der Waals surface area contributed by atoms with Crippen LogP contribution in [0.1, 0.15) is 44.6 Å². The van der Waals surface area contributed by atoms with E-state index in [1.54, 1.807) is 6.07 Å². The molecule has 0 bridgehead atoms. The van der Waals surface area contributed by atoms with Crippen molar-refractivity contribution in [1.29, 1.82) is 0 Å². The first-order chi connectivity index (χ1) is 8.69. The predicted octanol–water partition coefficient (Wildman–Crippen LogP) is 4.58. The molecule has 0 radical (unpaired) electrons. The van der Waals surface area contributed by atoms with Gasteiger partial charge in [0.05, 0.1) is 5.02 Å². The summed E-state index contributed by atoms with van der Waals surface area (Å²) in [6.07, 6.45) is 6.76. The Labute approximate surface area is 115 Å². The zero-order valence-electron chi connectivity index (χ0n) is 11.3. The Morgan fingerprint density at radius 3 is 2.72 bits per heavy atom. The molecule has 0 fully saturated rings. The second-order valence-electron chi connectivity index (χ2n) is 4.75. The smallest absolute Gasteiger partial charge is 0.145 e. The lowest BCUT2D eigenvalue weighted by atomic mass is 10.00. The number of unbranched alkanes of at least 4 members (excludes halogenated alkanes) is 3. The molecule has 1 nitrogen and oxygen atoms in total. The highest BCUT2D eigenvalue weighted by Gasteiger charge is 2.12. The van der Waals surface area contributed by atoms with Gasteiger partial charge in [-0.05, 0) is 31.5 Å². The Kier molecular flexibility index (Phi) is 7.29. The molecule has 0 aliphatic heterocycles. The first-order valence-electron chi connectivity index (χ1n) is 6.79. The van der Waals surface area contributed by atoms with Gasteiger partial charge in [0.25, 0.3) is 0 Å². The first-order valence-corrected chi connectivity index (χ1v) is 7.17. The van der Waals surface area contributed by atoms with E-state index < -0.39 is 0 Å². The van der Waals surface area contributed by atoms with Gasteiger partial charge in [-0.2, -0.15) is 0 Å². The fourth-order valence-electron chi connectivity index (χ4n) is 2.14. The van der Waals surface area contributed by atoms with Crippen LogP contribution in [0.4, 0.5) is 4.39 Å². The van der Waals surface area contributed by atoms with Crippen LogP contribution < -0.4 is 5.32 Å². The summed E-state index contributed by atoms with van der Waals surface area (Å²) < 4.78 is 13.8. The van der Waals surface area contributed by atoms with E-state index in [-0.39, 0.29) is 10.8 Å². The summed E-state index contributed by atoms with van der Waals surface area (Å²) in [6, 6.07) is 5.55. The minimum absolute atomic E-state index is 0.216. The third kappa shape index (κ3) is 4.95. The average Bonchev–Trinajstić information content (AvgIpc) is 2.38. The molecule has 102 valence electrons. The fraction of sp³-hybridized carbons (Fsp3) is 0.600. The van der Waals surface area contributed by atoms with Gasteiger partial charge in [-0.3, -0.25) is 0 Å². The van der Waals surface area contributed by atoms with Crippen molar-refractivity contribution in [2.45, 2.75) is 51.5 Å². The molecule has 1 atom stereocenters. The van der Waals surface area contributed by atoms with E-state index in [1.807, 2.05) is 19.2 Å². The third-order valence-electron chi connectivity index (χ3n) is 3.31. The van der Waals surface area contributed by atoms with Gasteiger partial charge in [-0.1, -0.05) is 56.3 Å². The number of rotatable bonds is 8. The van der Waals surface area contributed by atoms with Crippen LogP contribution in [0.15, 0.2) is 18.2 Å². The van der Waals surface area contributed by atoms with Crippen LogP contribution in [0, 0.1) is 5.82 Å². The van der Waals surface area contributed by atoms with Crippen LogP contribution in [0.2, 0.25) is 5.02 Å².